The minimum atomic E-state index is -4.44. The first-order chi connectivity index (χ1) is 15.8. The fraction of sp³-hybridized carbons (Fsp3) is 0.0833. The summed E-state index contributed by atoms with van der Waals surface area (Å²) >= 11 is 1.57. The van der Waals surface area contributed by atoms with Crippen LogP contribution in [0.25, 0.3) is 10.1 Å². The molecule has 4 rings (SSSR count). The lowest BCUT2D eigenvalue weighted by Crippen LogP contribution is -2.32. The molecule has 4 aromatic rings. The van der Waals surface area contributed by atoms with E-state index in [4.69, 9.17) is 4.74 Å². The molecule has 0 fully saturated rings. The van der Waals surface area contributed by atoms with E-state index in [0.717, 1.165) is 22.2 Å². The third-order valence-electron chi connectivity index (χ3n) is 4.69. The summed E-state index contributed by atoms with van der Waals surface area (Å²) < 4.78 is 44.9. The summed E-state index contributed by atoms with van der Waals surface area (Å²) in [6.07, 6.45) is -4.44. The molecule has 0 aliphatic carbocycles. The molecule has 33 heavy (non-hydrogen) atoms. The number of para-hydroxylation sites is 2. The Morgan fingerprint density at radius 1 is 0.939 bits per heavy atom. The molecule has 0 bridgehead atoms. The Labute approximate surface area is 190 Å². The summed E-state index contributed by atoms with van der Waals surface area (Å²) in [7, 11) is 0. The number of carbonyl (C=O) groups excluding carboxylic acids is 2. The van der Waals surface area contributed by atoms with E-state index in [1.165, 1.54) is 12.1 Å². The van der Waals surface area contributed by atoms with Gasteiger partial charge in [0, 0.05) is 10.3 Å². The van der Waals surface area contributed by atoms with Crippen molar-refractivity contribution < 1.29 is 27.5 Å². The third-order valence-corrected chi connectivity index (χ3v) is 5.59. The molecule has 0 saturated heterocycles. The van der Waals surface area contributed by atoms with E-state index < -0.39 is 17.6 Å². The van der Waals surface area contributed by atoms with Crippen molar-refractivity contribution in [2.24, 2.45) is 0 Å². The van der Waals surface area contributed by atoms with E-state index in [2.05, 4.69) is 10.6 Å². The number of hydrogen-bond acceptors (Lipinski definition) is 4. The Kier molecular flexibility index (Phi) is 6.32. The molecule has 0 aliphatic heterocycles. The molecule has 1 heterocycles. The van der Waals surface area contributed by atoms with Crippen molar-refractivity contribution >= 4 is 38.9 Å². The molecule has 1 aromatic heterocycles. The van der Waals surface area contributed by atoms with Crippen LogP contribution in [-0.2, 0) is 11.0 Å². The first-order valence-electron chi connectivity index (χ1n) is 9.79. The van der Waals surface area contributed by atoms with Gasteiger partial charge in [-0.25, -0.2) is 0 Å². The molecular weight excluding hydrogens is 453 g/mol. The second-order valence-corrected chi connectivity index (χ2v) is 7.97. The molecule has 168 valence electrons. The molecule has 2 N–H and O–H groups in total. The molecule has 0 atom stereocenters. The maximum atomic E-state index is 12.7. The van der Waals surface area contributed by atoms with Gasteiger partial charge in [-0.1, -0.05) is 12.1 Å². The lowest BCUT2D eigenvalue weighted by Gasteiger charge is -2.13. The minimum Gasteiger partial charge on any atom is -0.455 e. The highest BCUT2D eigenvalue weighted by molar-refractivity contribution is 7.17. The Bertz CT molecular complexity index is 1300. The van der Waals surface area contributed by atoms with Crippen molar-refractivity contribution in [3.05, 3.63) is 89.3 Å². The summed E-state index contributed by atoms with van der Waals surface area (Å²) in [6, 6.07) is 17.9. The molecule has 0 radical (unpaired) electrons. The zero-order valence-corrected chi connectivity index (χ0v) is 17.8. The van der Waals surface area contributed by atoms with E-state index in [0.29, 0.717) is 11.3 Å². The van der Waals surface area contributed by atoms with Crippen LogP contribution in [0.15, 0.2) is 78.2 Å². The second-order valence-electron chi connectivity index (χ2n) is 7.02. The quantitative estimate of drug-likeness (QED) is 0.359. The van der Waals surface area contributed by atoms with Crippen molar-refractivity contribution in [3.63, 3.8) is 0 Å². The Morgan fingerprint density at radius 3 is 2.45 bits per heavy atom. The standard InChI is InChI=1S/C24H17F3N2O3S/c25-24(26,27)17-6-8-18(9-7-17)32-20-4-2-1-3-19(20)29-22(30)14-28-23(31)16-5-10-21-15(13-16)11-12-33-21/h1-13H,14H2,(H,28,31)(H,29,30). The van der Waals surface area contributed by atoms with Crippen LogP contribution in [0.1, 0.15) is 15.9 Å². The lowest BCUT2D eigenvalue weighted by atomic mass is 10.1. The highest BCUT2D eigenvalue weighted by Gasteiger charge is 2.30. The van der Waals surface area contributed by atoms with Crippen LogP contribution in [-0.4, -0.2) is 18.4 Å². The predicted octanol–water partition coefficient (Wildman–Crippen LogP) is 6.08. The number of anilines is 1. The molecule has 5 nitrogen and oxygen atoms in total. The van der Waals surface area contributed by atoms with Gasteiger partial charge in [0.25, 0.3) is 5.91 Å². The maximum Gasteiger partial charge on any atom is 0.416 e. The summed E-state index contributed by atoms with van der Waals surface area (Å²) in [5, 5.41) is 8.10. The summed E-state index contributed by atoms with van der Waals surface area (Å²) in [6.45, 7) is -0.269. The first kappa shape index (κ1) is 22.3. The average Bonchev–Trinajstić information content (AvgIpc) is 3.26. The molecule has 0 aliphatic rings. The van der Waals surface area contributed by atoms with Crippen molar-refractivity contribution in [2.75, 3.05) is 11.9 Å². The molecule has 0 saturated carbocycles. The van der Waals surface area contributed by atoms with Crippen LogP contribution in [0.4, 0.5) is 18.9 Å². The van der Waals surface area contributed by atoms with Gasteiger partial charge in [-0.05, 0) is 71.4 Å². The third kappa shape index (κ3) is 5.50. The molecule has 9 heteroatoms. The fourth-order valence-electron chi connectivity index (χ4n) is 3.06. The number of rotatable bonds is 6. The maximum absolute atomic E-state index is 12.7. The normalized spacial score (nSPS) is 11.2. The predicted molar refractivity (Wildman–Crippen MR) is 121 cm³/mol. The molecule has 2 amide bonds. The van der Waals surface area contributed by atoms with Gasteiger partial charge < -0.3 is 15.4 Å². The number of carbonyl (C=O) groups is 2. The average molecular weight is 470 g/mol. The van der Waals surface area contributed by atoms with Crippen molar-refractivity contribution in [1.82, 2.24) is 5.32 Å². The van der Waals surface area contributed by atoms with Crippen molar-refractivity contribution in [2.45, 2.75) is 6.18 Å². The van der Waals surface area contributed by atoms with E-state index in [1.807, 2.05) is 17.5 Å². The minimum absolute atomic E-state index is 0.182. The number of halogens is 3. The van der Waals surface area contributed by atoms with Gasteiger partial charge in [0.05, 0.1) is 17.8 Å². The van der Waals surface area contributed by atoms with Crippen LogP contribution < -0.4 is 15.4 Å². The number of ether oxygens (including phenoxy) is 1. The number of amides is 2. The summed E-state index contributed by atoms with van der Waals surface area (Å²) in [4.78, 5) is 24.8. The smallest absolute Gasteiger partial charge is 0.416 e. The van der Waals surface area contributed by atoms with Gasteiger partial charge in [0.15, 0.2) is 5.75 Å². The number of hydrogen-bond donors (Lipinski definition) is 2. The first-order valence-corrected chi connectivity index (χ1v) is 10.7. The fourth-order valence-corrected chi connectivity index (χ4v) is 3.83. The topological polar surface area (TPSA) is 67.4 Å². The van der Waals surface area contributed by atoms with E-state index >= 15 is 0 Å². The van der Waals surface area contributed by atoms with Crippen LogP contribution in [0.5, 0.6) is 11.5 Å². The lowest BCUT2D eigenvalue weighted by molar-refractivity contribution is -0.137. The van der Waals surface area contributed by atoms with Gasteiger partial charge in [-0.2, -0.15) is 13.2 Å². The Morgan fingerprint density at radius 2 is 1.70 bits per heavy atom. The number of fused-ring (bicyclic) bond motifs is 1. The number of thiophene rings is 1. The van der Waals surface area contributed by atoms with E-state index in [1.54, 1.807) is 47.7 Å². The molecule has 3 aromatic carbocycles. The number of nitrogens with one attached hydrogen (secondary N) is 2. The van der Waals surface area contributed by atoms with Crippen molar-refractivity contribution in [1.29, 1.82) is 0 Å². The van der Waals surface area contributed by atoms with E-state index in [9.17, 15) is 22.8 Å². The molecule has 0 unspecified atom stereocenters. The molecule has 0 spiro atoms. The summed E-state index contributed by atoms with van der Waals surface area (Å²) in [5.41, 5.74) is -0.0265. The Hall–Kier alpha value is -3.85. The van der Waals surface area contributed by atoms with Gasteiger partial charge >= 0.3 is 6.18 Å². The van der Waals surface area contributed by atoms with Gasteiger partial charge in [0.2, 0.25) is 5.91 Å². The second kappa shape index (κ2) is 9.33. The van der Waals surface area contributed by atoms with E-state index in [-0.39, 0.29) is 24.0 Å². The van der Waals surface area contributed by atoms with Crippen LogP contribution in [0.3, 0.4) is 0 Å². The number of alkyl halides is 3. The Balaban J connectivity index is 1.37. The monoisotopic (exact) mass is 470 g/mol. The van der Waals surface area contributed by atoms with Crippen molar-refractivity contribution in [3.8, 4) is 11.5 Å². The van der Waals surface area contributed by atoms with Crippen LogP contribution in [0.2, 0.25) is 0 Å². The van der Waals surface area contributed by atoms with Gasteiger partial charge in [0.1, 0.15) is 5.75 Å². The zero-order chi connectivity index (χ0) is 23.4. The highest BCUT2D eigenvalue weighted by Crippen LogP contribution is 2.33. The van der Waals surface area contributed by atoms with Crippen LogP contribution in [0, 0.1) is 0 Å². The SMILES string of the molecule is O=C(CNC(=O)c1ccc2sccc2c1)Nc1ccccc1Oc1ccc(C(F)(F)F)cc1. The summed E-state index contributed by atoms with van der Waals surface area (Å²) in [5.74, 6) is -0.433. The van der Waals surface area contributed by atoms with Gasteiger partial charge in [-0.15, -0.1) is 11.3 Å². The zero-order valence-electron chi connectivity index (χ0n) is 17.0. The highest BCUT2D eigenvalue weighted by atomic mass is 32.1. The number of benzene rings is 3. The van der Waals surface area contributed by atoms with Gasteiger partial charge in [-0.3, -0.25) is 9.59 Å². The largest absolute Gasteiger partial charge is 0.455 e. The molecular formula is C24H17F3N2O3S. The van der Waals surface area contributed by atoms with Crippen LogP contribution >= 0.6 is 11.3 Å².